The van der Waals surface area contributed by atoms with E-state index in [-0.39, 0.29) is 37.7 Å². The molecule has 0 radical (unpaired) electrons. The number of ketones is 1. The number of rotatable bonds is 2. The third-order valence-electron chi connectivity index (χ3n) is 0.353. The van der Waals surface area contributed by atoms with E-state index in [4.69, 9.17) is 10.2 Å². The maximum atomic E-state index is 9.68. The van der Waals surface area contributed by atoms with E-state index in [1.54, 1.807) is 0 Å². The van der Waals surface area contributed by atoms with Crippen molar-refractivity contribution in [3.05, 3.63) is 0 Å². The van der Waals surface area contributed by atoms with Crippen molar-refractivity contribution in [2.75, 3.05) is 13.2 Å². The quantitative estimate of drug-likeness (QED) is 0.413. The fourth-order valence-corrected chi connectivity index (χ4v) is 0.0500. The van der Waals surface area contributed by atoms with Crippen molar-refractivity contribution < 1.29 is 15.0 Å². The first-order chi connectivity index (χ1) is 2.81. The van der Waals surface area contributed by atoms with Crippen molar-refractivity contribution in [2.24, 2.45) is 0 Å². The van der Waals surface area contributed by atoms with Crippen LogP contribution in [0.15, 0.2) is 0 Å². The molecule has 0 aromatic carbocycles. The summed E-state index contributed by atoms with van der Waals surface area (Å²) in [7, 11) is 0. The first-order valence-electron chi connectivity index (χ1n) is 1.54. The van der Waals surface area contributed by atoms with Gasteiger partial charge in [0.2, 0.25) is 0 Å². The van der Waals surface area contributed by atoms with Gasteiger partial charge >= 0.3 is 37.7 Å². The molecular formula is C3H8CaO3. The van der Waals surface area contributed by atoms with E-state index in [1.165, 1.54) is 0 Å². The number of hydrogen-bond donors (Lipinski definition) is 2. The van der Waals surface area contributed by atoms with Crippen LogP contribution in [0.3, 0.4) is 0 Å². The van der Waals surface area contributed by atoms with Gasteiger partial charge in [0.1, 0.15) is 13.2 Å². The SMILES string of the molecule is O=C(CO)CO.[CaH2]. The standard InChI is InChI=1S/C3H6O3.Ca.2H/c4-1-3(6)2-5;;;/h4-5H,1-2H2;;;. The molecule has 0 saturated carbocycles. The zero-order valence-corrected chi connectivity index (χ0v) is 3.22. The summed E-state index contributed by atoms with van der Waals surface area (Å²) in [4.78, 5) is 9.68. The monoisotopic (exact) mass is 132 g/mol. The second kappa shape index (κ2) is 6.85. The Bertz CT molecular complexity index is 48.1. The number of aliphatic hydroxyl groups excluding tert-OH is 2. The van der Waals surface area contributed by atoms with Gasteiger partial charge in [-0.15, -0.1) is 0 Å². The first-order valence-corrected chi connectivity index (χ1v) is 1.54. The molecule has 0 aliphatic heterocycles. The Kier molecular flexibility index (Phi) is 10.5. The molecule has 0 fully saturated rings. The molecule has 0 aliphatic rings. The zero-order chi connectivity index (χ0) is 4.99. The van der Waals surface area contributed by atoms with Crippen LogP contribution >= 0.6 is 0 Å². The minimum absolute atomic E-state index is 0. The van der Waals surface area contributed by atoms with Gasteiger partial charge in [-0.25, -0.2) is 0 Å². The van der Waals surface area contributed by atoms with Crippen LogP contribution < -0.4 is 0 Å². The third kappa shape index (κ3) is 6.85. The van der Waals surface area contributed by atoms with E-state index in [1.807, 2.05) is 0 Å². The van der Waals surface area contributed by atoms with Gasteiger partial charge in [-0.2, -0.15) is 0 Å². The van der Waals surface area contributed by atoms with E-state index in [0.717, 1.165) is 0 Å². The summed E-state index contributed by atoms with van der Waals surface area (Å²) in [5.41, 5.74) is 0. The summed E-state index contributed by atoms with van der Waals surface area (Å²) >= 11 is 0. The van der Waals surface area contributed by atoms with E-state index >= 15 is 0 Å². The molecule has 0 unspecified atom stereocenters. The Hall–Kier alpha value is 0.850. The predicted molar refractivity (Wildman–Crippen MR) is 27.7 cm³/mol. The van der Waals surface area contributed by atoms with Crippen LogP contribution in [-0.2, 0) is 4.79 Å². The topological polar surface area (TPSA) is 57.5 Å². The zero-order valence-electron chi connectivity index (χ0n) is 3.22. The number of carbonyl (C=O) groups excluding carboxylic acids is 1. The van der Waals surface area contributed by atoms with Crippen molar-refractivity contribution in [1.82, 2.24) is 0 Å². The molecule has 7 heavy (non-hydrogen) atoms. The fourth-order valence-electron chi connectivity index (χ4n) is 0.0500. The first kappa shape index (κ1) is 10.8. The van der Waals surface area contributed by atoms with Crippen molar-refractivity contribution >= 4 is 43.5 Å². The van der Waals surface area contributed by atoms with Crippen LogP contribution in [0.2, 0.25) is 0 Å². The van der Waals surface area contributed by atoms with Crippen molar-refractivity contribution in [3.63, 3.8) is 0 Å². The molecule has 0 spiro atoms. The molecule has 0 aromatic heterocycles. The van der Waals surface area contributed by atoms with Crippen molar-refractivity contribution in [1.29, 1.82) is 0 Å². The molecule has 4 heteroatoms. The Morgan fingerprint density at radius 1 is 1.29 bits per heavy atom. The Morgan fingerprint density at radius 3 is 1.57 bits per heavy atom. The molecule has 3 nitrogen and oxygen atoms in total. The fraction of sp³-hybridized carbons (Fsp3) is 0.667. The van der Waals surface area contributed by atoms with Crippen LogP contribution in [0, 0.1) is 0 Å². The average molecular weight is 132 g/mol. The van der Waals surface area contributed by atoms with Crippen molar-refractivity contribution in [2.45, 2.75) is 0 Å². The van der Waals surface area contributed by atoms with E-state index in [0.29, 0.717) is 0 Å². The number of Topliss-reactive ketones (excluding diaryl/α,β-unsaturated/α-hetero) is 1. The van der Waals surface area contributed by atoms with Crippen LogP contribution in [0.1, 0.15) is 0 Å². The Labute approximate surface area is 71.3 Å². The van der Waals surface area contributed by atoms with Crippen LogP contribution in [0.25, 0.3) is 0 Å². The molecule has 0 saturated heterocycles. The van der Waals surface area contributed by atoms with Gasteiger partial charge in [0.25, 0.3) is 0 Å². The summed E-state index contributed by atoms with van der Waals surface area (Å²) in [6, 6.07) is 0. The summed E-state index contributed by atoms with van der Waals surface area (Å²) in [5, 5.41) is 15.7. The van der Waals surface area contributed by atoms with Gasteiger partial charge in [-0.3, -0.25) is 4.79 Å². The normalized spacial score (nSPS) is 7.14. The van der Waals surface area contributed by atoms with Crippen LogP contribution in [-0.4, -0.2) is 66.9 Å². The summed E-state index contributed by atoms with van der Waals surface area (Å²) < 4.78 is 0. The number of aliphatic hydroxyl groups is 2. The van der Waals surface area contributed by atoms with E-state index in [2.05, 4.69) is 0 Å². The molecule has 2 N–H and O–H groups in total. The molecule has 0 atom stereocenters. The third-order valence-corrected chi connectivity index (χ3v) is 0.353. The molecule has 0 aromatic rings. The number of carbonyl (C=O) groups is 1. The van der Waals surface area contributed by atoms with E-state index < -0.39 is 19.0 Å². The molecule has 0 aliphatic carbocycles. The molecular weight excluding hydrogens is 124 g/mol. The molecule has 0 amide bonds. The second-order valence-corrected chi connectivity index (χ2v) is 0.855. The molecule has 0 heterocycles. The Morgan fingerprint density at radius 2 is 1.57 bits per heavy atom. The van der Waals surface area contributed by atoms with Crippen LogP contribution in [0.4, 0.5) is 0 Å². The molecule has 0 bridgehead atoms. The van der Waals surface area contributed by atoms with Gasteiger partial charge in [-0.1, -0.05) is 0 Å². The maximum absolute atomic E-state index is 9.68. The van der Waals surface area contributed by atoms with Gasteiger partial charge in [0, 0.05) is 0 Å². The molecule has 0 rings (SSSR count). The van der Waals surface area contributed by atoms with Gasteiger partial charge < -0.3 is 10.2 Å². The van der Waals surface area contributed by atoms with Gasteiger partial charge in [-0.05, 0) is 0 Å². The second-order valence-electron chi connectivity index (χ2n) is 0.855. The minimum atomic E-state index is -0.559. The van der Waals surface area contributed by atoms with Gasteiger partial charge in [0.05, 0.1) is 0 Å². The number of hydrogen-bond acceptors (Lipinski definition) is 3. The average Bonchev–Trinajstić information content (AvgIpc) is 1.65. The van der Waals surface area contributed by atoms with Crippen molar-refractivity contribution in [3.8, 4) is 0 Å². The Balaban J connectivity index is 0. The summed E-state index contributed by atoms with van der Waals surface area (Å²) in [5.74, 6) is -0.546. The molecule has 40 valence electrons. The summed E-state index contributed by atoms with van der Waals surface area (Å²) in [6.45, 7) is -1.12. The van der Waals surface area contributed by atoms with E-state index in [9.17, 15) is 4.79 Å². The summed E-state index contributed by atoms with van der Waals surface area (Å²) in [6.07, 6.45) is 0. The predicted octanol–water partition coefficient (Wildman–Crippen LogP) is -2.38. The van der Waals surface area contributed by atoms with Gasteiger partial charge in [0.15, 0.2) is 5.78 Å². The van der Waals surface area contributed by atoms with Crippen LogP contribution in [0.5, 0.6) is 0 Å².